The number of hydrogen-bond acceptors (Lipinski definition) is 2. The fraction of sp³-hybridized carbons (Fsp3) is 0.100. The van der Waals surface area contributed by atoms with Crippen LogP contribution < -0.4 is 11.1 Å². The molecule has 1 aliphatic carbocycles. The molecule has 0 aromatic heterocycles. The summed E-state index contributed by atoms with van der Waals surface area (Å²) >= 11 is 0. The van der Waals surface area contributed by atoms with Gasteiger partial charge in [0.05, 0.1) is 0 Å². The Labute approximate surface area is 72.1 Å². The van der Waals surface area contributed by atoms with Crippen LogP contribution in [0, 0.1) is 5.92 Å². The molecule has 0 bridgehead atoms. The highest BCUT2D eigenvalue weighted by Crippen LogP contribution is 2.25. The molecule has 2 aliphatic rings. The normalized spacial score (nSPS) is 21.9. The Morgan fingerprint density at radius 1 is 1.25 bits per heavy atom. The molecule has 2 nitrogen and oxygen atoms in total. The zero-order valence-electron chi connectivity index (χ0n) is 6.96. The van der Waals surface area contributed by atoms with Gasteiger partial charge in [-0.3, -0.25) is 0 Å². The maximum atomic E-state index is 5.75. The van der Waals surface area contributed by atoms with E-state index in [9.17, 15) is 0 Å². The predicted molar refractivity (Wildman–Crippen MR) is 49.6 cm³/mol. The Morgan fingerprint density at radius 3 is 2.92 bits per heavy atom. The SMILES string of the molecule is C[C]1C=CC2=C(N)NC=CC2=C1. The molecule has 0 saturated heterocycles. The van der Waals surface area contributed by atoms with Crippen molar-refractivity contribution in [2.75, 3.05) is 0 Å². The average molecular weight is 159 g/mol. The molecule has 0 saturated carbocycles. The summed E-state index contributed by atoms with van der Waals surface area (Å²) in [6, 6.07) is 0. The van der Waals surface area contributed by atoms with Gasteiger partial charge >= 0.3 is 0 Å². The summed E-state index contributed by atoms with van der Waals surface area (Å²) in [5, 5.41) is 2.97. The molecule has 2 rings (SSSR count). The number of dihydropyridines is 1. The van der Waals surface area contributed by atoms with Crippen molar-refractivity contribution in [1.82, 2.24) is 5.32 Å². The zero-order chi connectivity index (χ0) is 8.55. The van der Waals surface area contributed by atoms with E-state index in [1.807, 2.05) is 18.4 Å². The molecule has 1 aliphatic heterocycles. The van der Waals surface area contributed by atoms with Crippen LogP contribution in [-0.2, 0) is 0 Å². The van der Waals surface area contributed by atoms with E-state index >= 15 is 0 Å². The van der Waals surface area contributed by atoms with Crippen molar-refractivity contribution in [2.45, 2.75) is 6.92 Å². The van der Waals surface area contributed by atoms with E-state index in [1.54, 1.807) is 0 Å². The van der Waals surface area contributed by atoms with Crippen molar-refractivity contribution in [1.29, 1.82) is 0 Å². The molecule has 0 spiro atoms. The van der Waals surface area contributed by atoms with Gasteiger partial charge in [-0.1, -0.05) is 25.2 Å². The van der Waals surface area contributed by atoms with Crippen LogP contribution in [0.2, 0.25) is 0 Å². The van der Waals surface area contributed by atoms with Gasteiger partial charge in [-0.25, -0.2) is 0 Å². The number of allylic oxidation sites excluding steroid dienone is 6. The number of nitrogens with one attached hydrogen (secondary N) is 1. The van der Waals surface area contributed by atoms with E-state index in [4.69, 9.17) is 5.73 Å². The average Bonchev–Trinajstić information content (AvgIpc) is 2.04. The third-order valence-corrected chi connectivity index (χ3v) is 2.00. The molecule has 2 heteroatoms. The van der Waals surface area contributed by atoms with E-state index < -0.39 is 0 Å². The summed E-state index contributed by atoms with van der Waals surface area (Å²) in [6.45, 7) is 2.08. The van der Waals surface area contributed by atoms with Crippen molar-refractivity contribution in [3.8, 4) is 0 Å². The summed E-state index contributed by atoms with van der Waals surface area (Å²) in [5.41, 5.74) is 8.02. The first-order chi connectivity index (χ1) is 5.77. The molecule has 3 N–H and O–H groups in total. The quantitative estimate of drug-likeness (QED) is 0.560. The maximum absolute atomic E-state index is 5.75. The lowest BCUT2D eigenvalue weighted by Gasteiger charge is -2.18. The highest BCUT2D eigenvalue weighted by molar-refractivity contribution is 5.57. The summed E-state index contributed by atoms with van der Waals surface area (Å²) in [6.07, 6.45) is 10.1. The molecule has 0 aromatic carbocycles. The zero-order valence-corrected chi connectivity index (χ0v) is 6.96. The van der Waals surface area contributed by atoms with Gasteiger partial charge in [0.25, 0.3) is 0 Å². The largest absolute Gasteiger partial charge is 0.385 e. The lowest BCUT2D eigenvalue weighted by Crippen LogP contribution is -2.20. The van der Waals surface area contributed by atoms with Crippen LogP contribution in [0.25, 0.3) is 0 Å². The van der Waals surface area contributed by atoms with Crippen LogP contribution >= 0.6 is 0 Å². The molecule has 0 amide bonds. The summed E-state index contributed by atoms with van der Waals surface area (Å²) in [4.78, 5) is 0. The third-order valence-electron chi connectivity index (χ3n) is 2.00. The molecular weight excluding hydrogens is 148 g/mol. The predicted octanol–water partition coefficient (Wildman–Crippen LogP) is 1.36. The maximum Gasteiger partial charge on any atom is 0.108 e. The van der Waals surface area contributed by atoms with E-state index in [2.05, 4.69) is 24.4 Å². The van der Waals surface area contributed by atoms with Gasteiger partial charge in [-0.05, 0) is 11.6 Å². The van der Waals surface area contributed by atoms with Gasteiger partial charge in [-0.2, -0.15) is 0 Å². The van der Waals surface area contributed by atoms with Gasteiger partial charge in [0.2, 0.25) is 0 Å². The molecule has 0 fully saturated rings. The monoisotopic (exact) mass is 159 g/mol. The van der Waals surface area contributed by atoms with E-state index in [1.165, 1.54) is 11.5 Å². The standard InChI is InChI=1S/C10H11N2/c1-7-2-3-9-8(6-7)4-5-12-10(9)11/h2-6,12H,11H2,1H3. The van der Waals surface area contributed by atoms with Crippen molar-refractivity contribution >= 4 is 0 Å². The van der Waals surface area contributed by atoms with E-state index in [-0.39, 0.29) is 0 Å². The highest BCUT2D eigenvalue weighted by Gasteiger charge is 2.12. The van der Waals surface area contributed by atoms with Crippen LogP contribution in [0.1, 0.15) is 6.92 Å². The molecule has 0 aromatic rings. The number of rotatable bonds is 0. The smallest absolute Gasteiger partial charge is 0.108 e. The van der Waals surface area contributed by atoms with Crippen molar-refractivity contribution in [2.24, 2.45) is 5.73 Å². The van der Waals surface area contributed by atoms with E-state index in [0.717, 1.165) is 11.4 Å². The molecule has 1 heterocycles. The fourth-order valence-corrected chi connectivity index (χ4v) is 1.36. The summed E-state index contributed by atoms with van der Waals surface area (Å²) in [7, 11) is 0. The first-order valence-electron chi connectivity index (χ1n) is 3.94. The van der Waals surface area contributed by atoms with Gasteiger partial charge in [0, 0.05) is 17.7 Å². The lowest BCUT2D eigenvalue weighted by atomic mass is 9.93. The topological polar surface area (TPSA) is 38.0 Å². The van der Waals surface area contributed by atoms with Gasteiger partial charge in [0.1, 0.15) is 5.82 Å². The van der Waals surface area contributed by atoms with Crippen LogP contribution in [0.3, 0.4) is 0 Å². The minimum atomic E-state index is 0.729. The highest BCUT2D eigenvalue weighted by atomic mass is 15.0. The Morgan fingerprint density at radius 2 is 2.08 bits per heavy atom. The number of fused-ring (bicyclic) bond motifs is 1. The number of hydrogen-bond donors (Lipinski definition) is 2. The number of nitrogens with two attached hydrogens (primary N) is 1. The van der Waals surface area contributed by atoms with Crippen LogP contribution in [0.4, 0.5) is 0 Å². The molecule has 12 heavy (non-hydrogen) atoms. The first kappa shape index (κ1) is 7.22. The second-order valence-electron chi connectivity index (χ2n) is 2.98. The minimum Gasteiger partial charge on any atom is -0.385 e. The van der Waals surface area contributed by atoms with E-state index in [0.29, 0.717) is 0 Å². The summed E-state index contributed by atoms with van der Waals surface area (Å²) in [5.74, 6) is 1.99. The van der Waals surface area contributed by atoms with Crippen LogP contribution in [0.5, 0.6) is 0 Å². The van der Waals surface area contributed by atoms with Crippen LogP contribution in [0.15, 0.2) is 47.5 Å². The Bertz CT molecular complexity index is 319. The molecule has 61 valence electrons. The molecule has 0 unspecified atom stereocenters. The van der Waals surface area contributed by atoms with Crippen molar-refractivity contribution < 1.29 is 0 Å². The molecule has 0 atom stereocenters. The second kappa shape index (κ2) is 2.55. The minimum absolute atomic E-state index is 0.729. The summed E-state index contributed by atoms with van der Waals surface area (Å²) < 4.78 is 0. The lowest BCUT2D eigenvalue weighted by molar-refractivity contribution is 0.981. The first-order valence-corrected chi connectivity index (χ1v) is 3.94. The Kier molecular flexibility index (Phi) is 1.54. The van der Waals surface area contributed by atoms with Crippen molar-refractivity contribution in [3.05, 3.63) is 53.4 Å². The van der Waals surface area contributed by atoms with Gasteiger partial charge < -0.3 is 11.1 Å². The molecule has 1 radical (unpaired) electrons. The van der Waals surface area contributed by atoms with Crippen LogP contribution in [-0.4, -0.2) is 0 Å². The Hall–Kier alpha value is -1.44. The van der Waals surface area contributed by atoms with Gasteiger partial charge in [-0.15, -0.1) is 0 Å². The van der Waals surface area contributed by atoms with Gasteiger partial charge in [0.15, 0.2) is 0 Å². The Balaban J connectivity index is 2.44. The van der Waals surface area contributed by atoms with Crippen molar-refractivity contribution in [3.63, 3.8) is 0 Å². The fourth-order valence-electron chi connectivity index (χ4n) is 1.36. The third kappa shape index (κ3) is 1.05. The molecular formula is C10H11N2. The second-order valence-corrected chi connectivity index (χ2v) is 2.98.